The zero-order valence-corrected chi connectivity index (χ0v) is 15.3. The van der Waals surface area contributed by atoms with Crippen molar-refractivity contribution in [2.45, 2.75) is 51.2 Å². The Morgan fingerprint density at radius 2 is 1.96 bits per heavy atom. The minimum Gasteiger partial charge on any atom is -0.481 e. The molecule has 0 radical (unpaired) electrons. The number of imide groups is 1. The second kappa shape index (κ2) is 7.27. The minimum atomic E-state index is -0.929. The van der Waals surface area contributed by atoms with Gasteiger partial charge in [-0.3, -0.25) is 15.0 Å². The molecule has 0 unspecified atom stereocenters. The molecule has 1 saturated heterocycles. The summed E-state index contributed by atoms with van der Waals surface area (Å²) in [6, 6.07) is 7.68. The number of hydrogen-bond donors (Lipinski definition) is 2. The number of carbonyl (C=O) groups excluding carboxylic acids is 3. The lowest BCUT2D eigenvalue weighted by Gasteiger charge is -2.33. The zero-order valence-electron chi connectivity index (χ0n) is 15.3. The summed E-state index contributed by atoms with van der Waals surface area (Å²) in [5.41, 5.74) is 1.93. The summed E-state index contributed by atoms with van der Waals surface area (Å²) in [5, 5.41) is 12.3. The summed E-state index contributed by atoms with van der Waals surface area (Å²) in [7, 11) is 0. The van der Waals surface area contributed by atoms with E-state index < -0.39 is 29.5 Å². The van der Waals surface area contributed by atoms with E-state index in [1.807, 2.05) is 6.07 Å². The highest BCUT2D eigenvalue weighted by Gasteiger charge is 2.53. The summed E-state index contributed by atoms with van der Waals surface area (Å²) in [6.07, 6.45) is 1.92. The standard InChI is InChI=1S/C19H22N4O4/c1-12-7-9-19(10-8-12)17(25)23(18(26)21-19)22-16(24)13(2)27-15-5-3-14(11-20)4-6-15/h3-6,12-13H,7-10H2,1-2H3,(H,21,26)(H,22,24)/t12?,13-,19?/m0/s1. The van der Waals surface area contributed by atoms with E-state index in [4.69, 9.17) is 10.00 Å². The summed E-state index contributed by atoms with van der Waals surface area (Å²) < 4.78 is 5.52. The fourth-order valence-corrected chi connectivity index (χ4v) is 3.38. The van der Waals surface area contributed by atoms with Crippen LogP contribution in [0.1, 0.15) is 45.1 Å². The Bertz CT molecular complexity index is 791. The molecular weight excluding hydrogens is 348 g/mol. The molecule has 1 spiro atoms. The number of urea groups is 1. The number of benzene rings is 1. The lowest BCUT2D eigenvalue weighted by molar-refractivity contribution is -0.142. The predicted octanol–water partition coefficient (Wildman–Crippen LogP) is 1.86. The van der Waals surface area contributed by atoms with E-state index in [-0.39, 0.29) is 0 Å². The molecule has 3 rings (SSSR count). The van der Waals surface area contributed by atoms with Crippen LogP contribution in [0.4, 0.5) is 4.79 Å². The van der Waals surface area contributed by atoms with E-state index in [0.717, 1.165) is 17.9 Å². The molecular formula is C19H22N4O4. The minimum absolute atomic E-state index is 0.409. The van der Waals surface area contributed by atoms with Gasteiger partial charge in [0.25, 0.3) is 11.8 Å². The highest BCUT2D eigenvalue weighted by Crippen LogP contribution is 2.35. The molecule has 1 aliphatic heterocycles. The zero-order chi connectivity index (χ0) is 19.6. The number of amides is 4. The number of nitrogens with one attached hydrogen (secondary N) is 2. The van der Waals surface area contributed by atoms with Crippen molar-refractivity contribution in [2.75, 3.05) is 0 Å². The van der Waals surface area contributed by atoms with Crippen LogP contribution in [0.3, 0.4) is 0 Å². The summed E-state index contributed by atoms with van der Waals surface area (Å²) in [6.45, 7) is 3.64. The summed E-state index contributed by atoms with van der Waals surface area (Å²) in [5.74, 6) is -0.0983. The normalized spacial score (nSPS) is 25.7. The van der Waals surface area contributed by atoms with Crippen LogP contribution in [-0.4, -0.2) is 34.5 Å². The van der Waals surface area contributed by atoms with Crippen LogP contribution < -0.4 is 15.5 Å². The Morgan fingerprint density at radius 1 is 1.33 bits per heavy atom. The Hall–Kier alpha value is -3.08. The van der Waals surface area contributed by atoms with E-state index in [1.165, 1.54) is 6.92 Å². The molecule has 27 heavy (non-hydrogen) atoms. The van der Waals surface area contributed by atoms with Crippen molar-refractivity contribution in [3.05, 3.63) is 29.8 Å². The molecule has 8 nitrogen and oxygen atoms in total. The molecule has 142 valence electrons. The number of nitrogens with zero attached hydrogens (tertiary/aromatic N) is 2. The van der Waals surface area contributed by atoms with Crippen molar-refractivity contribution >= 4 is 17.8 Å². The number of nitriles is 1. The van der Waals surface area contributed by atoms with Crippen LogP contribution in [0.5, 0.6) is 5.75 Å². The van der Waals surface area contributed by atoms with Crippen LogP contribution in [-0.2, 0) is 9.59 Å². The van der Waals surface area contributed by atoms with Crippen molar-refractivity contribution in [1.82, 2.24) is 15.8 Å². The predicted molar refractivity (Wildman–Crippen MR) is 95.1 cm³/mol. The van der Waals surface area contributed by atoms with Crippen molar-refractivity contribution < 1.29 is 19.1 Å². The van der Waals surface area contributed by atoms with Crippen molar-refractivity contribution in [2.24, 2.45) is 5.92 Å². The molecule has 1 saturated carbocycles. The van der Waals surface area contributed by atoms with Gasteiger partial charge in [-0.05, 0) is 62.8 Å². The molecule has 1 aliphatic carbocycles. The van der Waals surface area contributed by atoms with Gasteiger partial charge < -0.3 is 10.1 Å². The van der Waals surface area contributed by atoms with Gasteiger partial charge >= 0.3 is 6.03 Å². The first-order valence-corrected chi connectivity index (χ1v) is 8.98. The van der Waals surface area contributed by atoms with Gasteiger partial charge in [0.1, 0.15) is 11.3 Å². The van der Waals surface area contributed by atoms with E-state index in [9.17, 15) is 14.4 Å². The fourth-order valence-electron chi connectivity index (χ4n) is 3.38. The molecule has 1 aromatic rings. The molecule has 2 N–H and O–H groups in total. The molecule has 8 heteroatoms. The van der Waals surface area contributed by atoms with Gasteiger partial charge in [0.05, 0.1) is 11.6 Å². The molecule has 2 fully saturated rings. The monoisotopic (exact) mass is 370 g/mol. The average Bonchev–Trinajstić information content (AvgIpc) is 2.89. The maximum atomic E-state index is 12.7. The molecule has 0 bridgehead atoms. The highest BCUT2D eigenvalue weighted by atomic mass is 16.5. The first-order valence-electron chi connectivity index (χ1n) is 8.98. The van der Waals surface area contributed by atoms with E-state index in [2.05, 4.69) is 17.7 Å². The van der Waals surface area contributed by atoms with Crippen LogP contribution in [0.2, 0.25) is 0 Å². The molecule has 1 atom stereocenters. The number of ether oxygens (including phenoxy) is 1. The fraction of sp³-hybridized carbons (Fsp3) is 0.474. The third-order valence-electron chi connectivity index (χ3n) is 5.18. The van der Waals surface area contributed by atoms with Crippen LogP contribution in [0.15, 0.2) is 24.3 Å². The van der Waals surface area contributed by atoms with Crippen molar-refractivity contribution in [3.63, 3.8) is 0 Å². The molecule has 1 heterocycles. The average molecular weight is 370 g/mol. The molecule has 0 aromatic heterocycles. The van der Waals surface area contributed by atoms with Crippen molar-refractivity contribution in [1.29, 1.82) is 5.26 Å². The van der Waals surface area contributed by atoms with Gasteiger partial charge in [-0.15, -0.1) is 0 Å². The first-order chi connectivity index (χ1) is 12.8. The van der Waals surface area contributed by atoms with Crippen LogP contribution >= 0.6 is 0 Å². The number of hydrazine groups is 1. The quantitative estimate of drug-likeness (QED) is 0.786. The summed E-state index contributed by atoms with van der Waals surface area (Å²) >= 11 is 0. The Labute approximate surface area is 157 Å². The van der Waals surface area contributed by atoms with E-state index >= 15 is 0 Å². The van der Waals surface area contributed by atoms with Crippen LogP contribution in [0.25, 0.3) is 0 Å². The maximum Gasteiger partial charge on any atom is 0.344 e. The smallest absolute Gasteiger partial charge is 0.344 e. The Morgan fingerprint density at radius 3 is 2.56 bits per heavy atom. The lowest BCUT2D eigenvalue weighted by Crippen LogP contribution is -2.53. The number of rotatable bonds is 4. The number of hydrogen-bond acceptors (Lipinski definition) is 5. The molecule has 1 aromatic carbocycles. The second-order valence-corrected chi connectivity index (χ2v) is 7.21. The third-order valence-corrected chi connectivity index (χ3v) is 5.18. The molecule has 2 aliphatic rings. The Balaban J connectivity index is 1.62. The summed E-state index contributed by atoms with van der Waals surface area (Å²) in [4.78, 5) is 37.4. The SMILES string of the molecule is CC1CCC2(CC1)NC(=O)N(NC(=O)[C@H](C)Oc1ccc(C#N)cc1)C2=O. The van der Waals surface area contributed by atoms with Gasteiger partial charge in [0, 0.05) is 0 Å². The van der Waals surface area contributed by atoms with Gasteiger partial charge in [-0.1, -0.05) is 6.92 Å². The number of carbonyl (C=O) groups is 3. The maximum absolute atomic E-state index is 12.7. The van der Waals surface area contributed by atoms with Gasteiger partial charge in [-0.2, -0.15) is 10.3 Å². The van der Waals surface area contributed by atoms with E-state index in [0.29, 0.717) is 30.1 Å². The van der Waals surface area contributed by atoms with Crippen molar-refractivity contribution in [3.8, 4) is 11.8 Å². The highest BCUT2D eigenvalue weighted by molar-refractivity contribution is 6.08. The lowest BCUT2D eigenvalue weighted by atomic mass is 9.77. The largest absolute Gasteiger partial charge is 0.481 e. The van der Waals surface area contributed by atoms with E-state index in [1.54, 1.807) is 24.3 Å². The topological polar surface area (TPSA) is 112 Å². The third kappa shape index (κ3) is 3.72. The Kier molecular flexibility index (Phi) is 5.04. The first kappa shape index (κ1) is 18.7. The second-order valence-electron chi connectivity index (χ2n) is 7.21. The van der Waals surface area contributed by atoms with Gasteiger partial charge in [-0.25, -0.2) is 4.79 Å². The van der Waals surface area contributed by atoms with Crippen LogP contribution in [0, 0.1) is 17.2 Å². The van der Waals surface area contributed by atoms with Gasteiger partial charge in [0.15, 0.2) is 6.10 Å². The molecule has 4 amide bonds. The van der Waals surface area contributed by atoms with Gasteiger partial charge in [0.2, 0.25) is 0 Å².